The number of furan rings is 1. The number of hydrogen-bond acceptors (Lipinski definition) is 5. The third-order valence-electron chi connectivity index (χ3n) is 10.1. The Morgan fingerprint density at radius 2 is 1.13 bits per heavy atom. The standard InChI is InChI=1S/C47H28N2O2S/c1-2-10-31(11-3-1)47-48-46-42(51-47)26-25-41-45(46)39-27-33(22-24-40(39)50-41)49(34-21-23-38-37-14-6-7-16-43(37)52-44(38)28-34)32-19-17-30(18-20-32)36-15-8-12-29-9-4-5-13-35(29)36/h1-28H. The normalized spacial score (nSPS) is 11.8. The Morgan fingerprint density at radius 3 is 2.04 bits per heavy atom. The quantitative estimate of drug-likeness (QED) is 0.181. The van der Waals surface area contributed by atoms with E-state index in [1.165, 1.54) is 42.1 Å². The van der Waals surface area contributed by atoms with Gasteiger partial charge < -0.3 is 13.7 Å². The second-order valence-corrected chi connectivity index (χ2v) is 14.2. The van der Waals surface area contributed by atoms with E-state index < -0.39 is 0 Å². The van der Waals surface area contributed by atoms with Crippen molar-refractivity contribution in [1.29, 1.82) is 0 Å². The number of thiophene rings is 1. The van der Waals surface area contributed by atoms with E-state index in [4.69, 9.17) is 13.8 Å². The lowest BCUT2D eigenvalue weighted by atomic mass is 9.98. The fourth-order valence-corrected chi connectivity index (χ4v) is 8.79. The van der Waals surface area contributed by atoms with E-state index in [0.29, 0.717) is 5.89 Å². The summed E-state index contributed by atoms with van der Waals surface area (Å²) < 4.78 is 15.2. The molecule has 0 atom stereocenters. The lowest BCUT2D eigenvalue weighted by Gasteiger charge is -2.26. The molecule has 0 N–H and O–H groups in total. The van der Waals surface area contributed by atoms with Crippen molar-refractivity contribution in [3.05, 3.63) is 170 Å². The van der Waals surface area contributed by atoms with Gasteiger partial charge in [0.15, 0.2) is 5.58 Å². The van der Waals surface area contributed by atoms with Crippen LogP contribution in [0.5, 0.6) is 0 Å². The topological polar surface area (TPSA) is 42.4 Å². The van der Waals surface area contributed by atoms with E-state index in [1.807, 2.05) is 53.8 Å². The lowest BCUT2D eigenvalue weighted by molar-refractivity contribution is 0.619. The molecule has 0 aliphatic carbocycles. The van der Waals surface area contributed by atoms with Gasteiger partial charge in [-0.25, -0.2) is 4.98 Å². The number of rotatable bonds is 5. The molecule has 0 radical (unpaired) electrons. The number of anilines is 3. The molecule has 0 aliphatic heterocycles. The Morgan fingerprint density at radius 1 is 0.442 bits per heavy atom. The first kappa shape index (κ1) is 29.1. The molecule has 0 unspecified atom stereocenters. The highest BCUT2D eigenvalue weighted by molar-refractivity contribution is 7.25. The van der Waals surface area contributed by atoms with Crippen LogP contribution in [-0.4, -0.2) is 4.98 Å². The lowest BCUT2D eigenvalue weighted by Crippen LogP contribution is -2.09. The Kier molecular flexibility index (Phi) is 6.39. The van der Waals surface area contributed by atoms with Gasteiger partial charge >= 0.3 is 0 Å². The van der Waals surface area contributed by atoms with Gasteiger partial charge in [0.05, 0.1) is 5.39 Å². The zero-order valence-electron chi connectivity index (χ0n) is 27.8. The first-order valence-electron chi connectivity index (χ1n) is 17.4. The highest BCUT2D eigenvalue weighted by Crippen LogP contribution is 2.44. The van der Waals surface area contributed by atoms with E-state index in [1.54, 1.807) is 0 Å². The van der Waals surface area contributed by atoms with Gasteiger partial charge in [0.1, 0.15) is 16.7 Å². The second-order valence-electron chi connectivity index (χ2n) is 13.1. The summed E-state index contributed by atoms with van der Waals surface area (Å²) in [5.41, 5.74) is 9.64. The Labute approximate surface area is 302 Å². The van der Waals surface area contributed by atoms with Crippen LogP contribution in [0.4, 0.5) is 17.1 Å². The van der Waals surface area contributed by atoms with Gasteiger partial charge in [-0.2, -0.15) is 0 Å². The van der Waals surface area contributed by atoms with Crippen LogP contribution in [0.15, 0.2) is 179 Å². The Bertz CT molecular complexity index is 3130. The molecule has 0 saturated carbocycles. The van der Waals surface area contributed by atoms with Crippen LogP contribution >= 0.6 is 11.3 Å². The summed E-state index contributed by atoms with van der Waals surface area (Å²) in [4.78, 5) is 7.34. The number of fused-ring (bicyclic) bond motifs is 9. The van der Waals surface area contributed by atoms with Crippen LogP contribution < -0.4 is 4.90 Å². The molecule has 0 saturated heterocycles. The van der Waals surface area contributed by atoms with Gasteiger partial charge in [-0.1, -0.05) is 97.1 Å². The van der Waals surface area contributed by atoms with Crippen LogP contribution in [0.2, 0.25) is 0 Å². The molecule has 4 nitrogen and oxygen atoms in total. The number of oxazole rings is 1. The molecule has 244 valence electrons. The average Bonchev–Trinajstić information content (AvgIpc) is 3.91. The third-order valence-corrected chi connectivity index (χ3v) is 11.2. The summed E-state index contributed by atoms with van der Waals surface area (Å²) in [6.45, 7) is 0. The van der Waals surface area contributed by atoms with Crippen molar-refractivity contribution in [3.8, 4) is 22.6 Å². The molecule has 52 heavy (non-hydrogen) atoms. The number of nitrogens with zero attached hydrogens (tertiary/aromatic N) is 2. The first-order valence-corrected chi connectivity index (χ1v) is 18.2. The molecule has 0 bridgehead atoms. The summed E-state index contributed by atoms with van der Waals surface area (Å²) in [6.07, 6.45) is 0. The third kappa shape index (κ3) is 4.57. The minimum atomic E-state index is 0.596. The molecule has 3 aromatic heterocycles. The smallest absolute Gasteiger partial charge is 0.227 e. The predicted molar refractivity (Wildman–Crippen MR) is 217 cm³/mol. The van der Waals surface area contributed by atoms with Crippen LogP contribution in [0.3, 0.4) is 0 Å². The first-order chi connectivity index (χ1) is 25.7. The average molecular weight is 685 g/mol. The number of aromatic nitrogens is 1. The van der Waals surface area contributed by atoms with E-state index in [9.17, 15) is 0 Å². The fraction of sp³-hybridized carbons (Fsp3) is 0. The Balaban J connectivity index is 1.10. The summed E-state index contributed by atoms with van der Waals surface area (Å²) in [5.74, 6) is 0.596. The van der Waals surface area contributed by atoms with E-state index in [0.717, 1.165) is 55.7 Å². The minimum Gasteiger partial charge on any atom is -0.456 e. The monoisotopic (exact) mass is 684 g/mol. The maximum atomic E-state index is 6.41. The van der Waals surface area contributed by atoms with Gasteiger partial charge in [0, 0.05) is 48.2 Å². The summed E-state index contributed by atoms with van der Waals surface area (Å²) >= 11 is 1.83. The van der Waals surface area contributed by atoms with Gasteiger partial charge in [-0.15, -0.1) is 11.3 Å². The van der Waals surface area contributed by atoms with E-state index in [-0.39, 0.29) is 0 Å². The van der Waals surface area contributed by atoms with Gasteiger partial charge in [-0.05, 0) is 94.7 Å². The highest BCUT2D eigenvalue weighted by Gasteiger charge is 2.20. The van der Waals surface area contributed by atoms with Crippen LogP contribution in [0, 0.1) is 0 Å². The minimum absolute atomic E-state index is 0.596. The van der Waals surface area contributed by atoms with E-state index >= 15 is 0 Å². The summed E-state index contributed by atoms with van der Waals surface area (Å²) in [6, 6.07) is 59.9. The maximum Gasteiger partial charge on any atom is 0.227 e. The maximum absolute atomic E-state index is 6.41. The molecule has 11 rings (SSSR count). The zero-order chi connectivity index (χ0) is 34.2. The van der Waals surface area contributed by atoms with Crippen molar-refractivity contribution in [2.75, 3.05) is 4.90 Å². The Hall–Kier alpha value is -6.69. The highest BCUT2D eigenvalue weighted by atomic mass is 32.1. The fourth-order valence-electron chi connectivity index (χ4n) is 7.65. The number of benzene rings is 8. The van der Waals surface area contributed by atoms with Crippen LogP contribution in [0.1, 0.15) is 0 Å². The second kappa shape index (κ2) is 11.4. The van der Waals surface area contributed by atoms with Crippen molar-refractivity contribution >= 4 is 92.4 Å². The van der Waals surface area contributed by atoms with Crippen molar-refractivity contribution in [2.45, 2.75) is 0 Å². The van der Waals surface area contributed by atoms with Gasteiger partial charge in [0.2, 0.25) is 5.89 Å². The summed E-state index contributed by atoms with van der Waals surface area (Å²) in [7, 11) is 0. The molecule has 0 amide bonds. The van der Waals surface area contributed by atoms with Crippen molar-refractivity contribution in [3.63, 3.8) is 0 Å². The predicted octanol–water partition coefficient (Wildman–Crippen LogP) is 14.1. The van der Waals surface area contributed by atoms with Crippen LogP contribution in [-0.2, 0) is 0 Å². The molecule has 0 spiro atoms. The summed E-state index contributed by atoms with van der Waals surface area (Å²) in [5, 5.41) is 6.99. The molecule has 11 aromatic rings. The van der Waals surface area contributed by atoms with Gasteiger partial charge in [0.25, 0.3) is 0 Å². The van der Waals surface area contributed by atoms with Crippen molar-refractivity contribution in [1.82, 2.24) is 4.98 Å². The molecular formula is C47H28N2O2S. The molecule has 3 heterocycles. The van der Waals surface area contributed by atoms with E-state index in [2.05, 4.69) is 132 Å². The largest absolute Gasteiger partial charge is 0.456 e. The molecule has 0 fully saturated rings. The van der Waals surface area contributed by atoms with Crippen molar-refractivity contribution in [2.24, 2.45) is 0 Å². The molecule has 5 heteroatoms. The molecule has 8 aromatic carbocycles. The van der Waals surface area contributed by atoms with Gasteiger partial charge in [-0.3, -0.25) is 0 Å². The molecular weight excluding hydrogens is 657 g/mol. The van der Waals surface area contributed by atoms with Crippen LogP contribution in [0.25, 0.3) is 86.6 Å². The molecule has 0 aliphatic rings. The SMILES string of the molecule is c1ccc(-c2nc3c(ccc4oc5ccc(N(c6ccc(-c7cccc8ccccc78)cc6)c6ccc7c(c6)sc6ccccc67)cc5c43)o2)cc1. The van der Waals surface area contributed by atoms with Crippen molar-refractivity contribution < 1.29 is 8.83 Å². The number of hydrogen-bond donors (Lipinski definition) is 0. The zero-order valence-corrected chi connectivity index (χ0v) is 28.6.